The van der Waals surface area contributed by atoms with Gasteiger partial charge in [-0.05, 0) is 50.7 Å². The van der Waals surface area contributed by atoms with Crippen LogP contribution in [-0.4, -0.2) is 50.3 Å². The summed E-state index contributed by atoms with van der Waals surface area (Å²) in [5.41, 5.74) is 0. The Morgan fingerprint density at radius 2 is 1.67 bits per heavy atom. The van der Waals surface area contributed by atoms with Crippen molar-refractivity contribution in [1.29, 1.82) is 0 Å². The fourth-order valence-corrected chi connectivity index (χ4v) is 2.84. The van der Waals surface area contributed by atoms with Gasteiger partial charge in [-0.15, -0.1) is 0 Å². The fraction of sp³-hybridized carbons (Fsp3) is 1.00. The van der Waals surface area contributed by atoms with Crippen LogP contribution in [0.4, 0.5) is 0 Å². The second kappa shape index (κ2) is 10.6. The molecule has 1 rings (SSSR count). The van der Waals surface area contributed by atoms with Crippen molar-refractivity contribution in [3.63, 3.8) is 0 Å². The van der Waals surface area contributed by atoms with Crippen molar-refractivity contribution in [2.24, 2.45) is 17.8 Å². The third kappa shape index (κ3) is 8.18. The molecule has 1 fully saturated rings. The summed E-state index contributed by atoms with van der Waals surface area (Å²) >= 11 is 0. The third-order valence-electron chi connectivity index (χ3n) is 4.39. The zero-order chi connectivity index (χ0) is 15.7. The summed E-state index contributed by atoms with van der Waals surface area (Å²) in [6.45, 7) is 18.1. The molecule has 0 aromatic heterocycles. The van der Waals surface area contributed by atoms with Gasteiger partial charge in [0.05, 0.1) is 13.2 Å². The molecule has 1 N–H and O–H groups in total. The third-order valence-corrected chi connectivity index (χ3v) is 4.39. The Labute approximate surface area is 132 Å². The van der Waals surface area contributed by atoms with Crippen molar-refractivity contribution in [2.45, 2.75) is 59.9 Å². The van der Waals surface area contributed by atoms with E-state index in [4.69, 9.17) is 4.74 Å². The van der Waals surface area contributed by atoms with Crippen molar-refractivity contribution in [3.05, 3.63) is 0 Å². The maximum absolute atomic E-state index is 5.73. The Morgan fingerprint density at radius 1 is 1.05 bits per heavy atom. The summed E-state index contributed by atoms with van der Waals surface area (Å²) in [6.07, 6.45) is 3.81. The highest BCUT2D eigenvalue weighted by atomic mass is 16.5. The lowest BCUT2D eigenvalue weighted by Crippen LogP contribution is -2.42. The van der Waals surface area contributed by atoms with Gasteiger partial charge in [0.25, 0.3) is 0 Å². The molecule has 1 saturated heterocycles. The lowest BCUT2D eigenvalue weighted by molar-refractivity contribution is 0.162. The van der Waals surface area contributed by atoms with Crippen LogP contribution in [0.2, 0.25) is 0 Å². The Balaban J connectivity index is 2.44. The zero-order valence-electron chi connectivity index (χ0n) is 15.0. The van der Waals surface area contributed by atoms with Crippen molar-refractivity contribution in [1.82, 2.24) is 10.2 Å². The second-order valence-electron chi connectivity index (χ2n) is 7.52. The second-order valence-corrected chi connectivity index (χ2v) is 7.52. The van der Waals surface area contributed by atoms with Crippen LogP contribution in [0, 0.1) is 17.8 Å². The van der Waals surface area contributed by atoms with Crippen molar-refractivity contribution >= 4 is 0 Å². The van der Waals surface area contributed by atoms with Crippen LogP contribution in [0.1, 0.15) is 53.9 Å². The summed E-state index contributed by atoms with van der Waals surface area (Å²) in [5.74, 6) is 2.25. The predicted octanol–water partition coefficient (Wildman–Crippen LogP) is 3.40. The lowest BCUT2D eigenvalue weighted by Gasteiger charge is -2.29. The van der Waals surface area contributed by atoms with Crippen LogP contribution in [0.3, 0.4) is 0 Å². The minimum Gasteiger partial charge on any atom is -0.379 e. The SMILES string of the molecule is CCCNC1COCC1CN(CCC(C)C)CCC(C)C. The highest BCUT2D eigenvalue weighted by Gasteiger charge is 2.29. The molecule has 0 aromatic rings. The van der Waals surface area contributed by atoms with Crippen LogP contribution in [0.15, 0.2) is 0 Å². The molecule has 1 aliphatic heterocycles. The first-order valence-electron chi connectivity index (χ1n) is 9.06. The average Bonchev–Trinajstić information content (AvgIpc) is 2.86. The van der Waals surface area contributed by atoms with Gasteiger partial charge in [0.1, 0.15) is 0 Å². The number of rotatable bonds is 11. The van der Waals surface area contributed by atoms with E-state index in [1.54, 1.807) is 0 Å². The van der Waals surface area contributed by atoms with Gasteiger partial charge in [-0.25, -0.2) is 0 Å². The van der Waals surface area contributed by atoms with E-state index in [0.717, 1.165) is 31.6 Å². The molecule has 1 aliphatic rings. The molecule has 0 aromatic carbocycles. The molecule has 0 saturated carbocycles. The fourth-order valence-electron chi connectivity index (χ4n) is 2.84. The van der Waals surface area contributed by atoms with Crippen molar-refractivity contribution in [2.75, 3.05) is 39.4 Å². The number of hydrogen-bond acceptors (Lipinski definition) is 3. The molecule has 1 heterocycles. The number of nitrogens with zero attached hydrogens (tertiary/aromatic N) is 1. The smallest absolute Gasteiger partial charge is 0.0623 e. The minimum atomic E-state index is 0.561. The van der Waals surface area contributed by atoms with Crippen LogP contribution in [0.25, 0.3) is 0 Å². The monoisotopic (exact) mass is 298 g/mol. The van der Waals surface area contributed by atoms with E-state index in [-0.39, 0.29) is 0 Å². The largest absolute Gasteiger partial charge is 0.379 e. The Morgan fingerprint density at radius 3 is 2.19 bits per heavy atom. The first-order chi connectivity index (χ1) is 10.0. The highest BCUT2D eigenvalue weighted by Crippen LogP contribution is 2.17. The van der Waals surface area contributed by atoms with Crippen LogP contribution in [0.5, 0.6) is 0 Å². The van der Waals surface area contributed by atoms with Gasteiger partial charge >= 0.3 is 0 Å². The van der Waals surface area contributed by atoms with E-state index < -0.39 is 0 Å². The van der Waals surface area contributed by atoms with Gasteiger partial charge in [0.2, 0.25) is 0 Å². The van der Waals surface area contributed by atoms with Crippen LogP contribution < -0.4 is 5.32 Å². The molecule has 21 heavy (non-hydrogen) atoms. The van der Waals surface area contributed by atoms with Gasteiger partial charge in [0, 0.05) is 18.5 Å². The quantitative estimate of drug-likeness (QED) is 0.633. The Hall–Kier alpha value is -0.120. The molecule has 2 unspecified atom stereocenters. The van der Waals surface area contributed by atoms with Crippen molar-refractivity contribution in [3.8, 4) is 0 Å². The molecule has 0 radical (unpaired) electrons. The molecular weight excluding hydrogens is 260 g/mol. The molecular formula is C18H38N2O. The minimum absolute atomic E-state index is 0.561. The topological polar surface area (TPSA) is 24.5 Å². The Bertz CT molecular complexity index is 244. The molecule has 126 valence electrons. The molecule has 3 nitrogen and oxygen atoms in total. The first-order valence-corrected chi connectivity index (χ1v) is 9.06. The Kier molecular flexibility index (Phi) is 9.54. The summed E-state index contributed by atoms with van der Waals surface area (Å²) in [7, 11) is 0. The van der Waals surface area contributed by atoms with Gasteiger partial charge in [-0.1, -0.05) is 34.6 Å². The zero-order valence-corrected chi connectivity index (χ0v) is 15.0. The molecule has 3 heteroatoms. The van der Waals surface area contributed by atoms with Gasteiger partial charge < -0.3 is 15.0 Å². The first kappa shape index (κ1) is 18.9. The molecule has 0 bridgehead atoms. The molecule has 0 amide bonds. The summed E-state index contributed by atoms with van der Waals surface area (Å²) < 4.78 is 5.73. The van der Waals surface area contributed by atoms with E-state index in [9.17, 15) is 0 Å². The number of hydrogen-bond donors (Lipinski definition) is 1. The van der Waals surface area contributed by atoms with E-state index >= 15 is 0 Å². The maximum Gasteiger partial charge on any atom is 0.0623 e. The lowest BCUT2D eigenvalue weighted by atomic mass is 10.0. The van der Waals surface area contributed by atoms with E-state index in [1.807, 2.05) is 0 Å². The summed E-state index contributed by atoms with van der Waals surface area (Å²) in [5, 5.41) is 3.66. The van der Waals surface area contributed by atoms with Gasteiger partial charge in [-0.3, -0.25) is 0 Å². The summed E-state index contributed by atoms with van der Waals surface area (Å²) in [6, 6.07) is 0.561. The number of ether oxygens (including phenoxy) is 1. The van der Waals surface area contributed by atoms with Crippen LogP contribution in [-0.2, 0) is 4.74 Å². The van der Waals surface area contributed by atoms with E-state index in [0.29, 0.717) is 12.0 Å². The van der Waals surface area contributed by atoms with Gasteiger partial charge in [-0.2, -0.15) is 0 Å². The maximum atomic E-state index is 5.73. The average molecular weight is 299 g/mol. The predicted molar refractivity (Wildman–Crippen MR) is 91.7 cm³/mol. The highest BCUT2D eigenvalue weighted by molar-refractivity contribution is 4.83. The van der Waals surface area contributed by atoms with E-state index in [2.05, 4.69) is 44.8 Å². The molecule has 0 spiro atoms. The van der Waals surface area contributed by atoms with Crippen LogP contribution >= 0.6 is 0 Å². The van der Waals surface area contributed by atoms with Gasteiger partial charge in [0.15, 0.2) is 0 Å². The molecule has 2 atom stereocenters. The molecule has 0 aliphatic carbocycles. The van der Waals surface area contributed by atoms with E-state index in [1.165, 1.54) is 38.9 Å². The number of nitrogens with one attached hydrogen (secondary N) is 1. The standard InChI is InChI=1S/C18H38N2O/c1-6-9-19-18-14-21-13-17(18)12-20(10-7-15(2)3)11-8-16(4)5/h15-19H,6-14H2,1-5H3. The summed E-state index contributed by atoms with van der Waals surface area (Å²) in [4.78, 5) is 2.68. The van der Waals surface area contributed by atoms with Crippen molar-refractivity contribution < 1.29 is 4.74 Å². The normalized spacial score (nSPS) is 22.9.